The Kier molecular flexibility index (Phi) is 55.1. The van der Waals surface area contributed by atoms with Crippen LogP contribution in [-0.2, 0) is 28.6 Å². The number of esters is 3. The van der Waals surface area contributed by atoms with E-state index in [4.69, 9.17) is 14.2 Å². The van der Waals surface area contributed by atoms with Gasteiger partial charge in [-0.3, -0.25) is 14.4 Å². The molecule has 1 atom stereocenters. The molecular formula is C67H102O6. The smallest absolute Gasteiger partial charge is 0.306 e. The third kappa shape index (κ3) is 57.5. The van der Waals surface area contributed by atoms with Gasteiger partial charge in [0.15, 0.2) is 6.10 Å². The monoisotopic (exact) mass is 1000 g/mol. The molecule has 0 aliphatic carbocycles. The molecule has 0 unspecified atom stereocenters. The van der Waals surface area contributed by atoms with Crippen LogP contribution < -0.4 is 0 Å². The van der Waals surface area contributed by atoms with Crippen molar-refractivity contribution < 1.29 is 28.6 Å². The molecule has 406 valence electrons. The third-order valence-electron chi connectivity index (χ3n) is 11.2. The van der Waals surface area contributed by atoms with Crippen molar-refractivity contribution in [2.75, 3.05) is 13.2 Å². The summed E-state index contributed by atoms with van der Waals surface area (Å²) in [5.41, 5.74) is 0. The molecule has 73 heavy (non-hydrogen) atoms. The molecule has 6 heteroatoms. The number of rotatable bonds is 49. The van der Waals surface area contributed by atoms with Crippen molar-refractivity contribution in [2.24, 2.45) is 0 Å². The normalized spacial score (nSPS) is 13.4. The quantitative estimate of drug-likeness (QED) is 0.0261. The Morgan fingerprint density at radius 1 is 0.288 bits per heavy atom. The fraction of sp³-hybridized carbons (Fsp3) is 0.537. The van der Waals surface area contributed by atoms with Gasteiger partial charge in [-0.15, -0.1) is 0 Å². The minimum Gasteiger partial charge on any atom is -0.462 e. The van der Waals surface area contributed by atoms with Crippen molar-refractivity contribution >= 4 is 17.9 Å². The molecule has 0 heterocycles. The summed E-state index contributed by atoms with van der Waals surface area (Å²) in [4.78, 5) is 38.2. The SMILES string of the molecule is CC/C=C\C/C=C\C/C=C\C/C=C\C/C=C\C/C=C\CCC(=O)OC[C@H](COC(=O)CCCCCC/C=C\C/C=C\C/C=C\C/C=C\CC)OC(=O)CCCCC/C=C\C/C=C\C/C=C\C/C=C\CCCCC. The highest BCUT2D eigenvalue weighted by molar-refractivity contribution is 5.71. The molecule has 0 N–H and O–H groups in total. The van der Waals surface area contributed by atoms with Gasteiger partial charge < -0.3 is 14.2 Å². The van der Waals surface area contributed by atoms with Gasteiger partial charge in [0, 0.05) is 19.3 Å². The van der Waals surface area contributed by atoms with Gasteiger partial charge in [-0.2, -0.15) is 0 Å². The van der Waals surface area contributed by atoms with E-state index in [0.29, 0.717) is 19.3 Å². The Balaban J connectivity index is 4.65. The van der Waals surface area contributed by atoms with Gasteiger partial charge in [0.25, 0.3) is 0 Å². The van der Waals surface area contributed by atoms with Gasteiger partial charge in [0.2, 0.25) is 0 Å². The third-order valence-corrected chi connectivity index (χ3v) is 11.2. The molecule has 0 aromatic rings. The lowest BCUT2D eigenvalue weighted by molar-refractivity contribution is -0.166. The molecule has 0 saturated carbocycles. The van der Waals surface area contributed by atoms with Crippen LogP contribution >= 0.6 is 0 Å². The van der Waals surface area contributed by atoms with Crippen LogP contribution in [0.25, 0.3) is 0 Å². The number of hydrogen-bond donors (Lipinski definition) is 0. The summed E-state index contributed by atoms with van der Waals surface area (Å²) in [5, 5.41) is 0. The van der Waals surface area contributed by atoms with Crippen LogP contribution in [0.15, 0.2) is 170 Å². The Labute approximate surface area is 447 Å². The maximum absolute atomic E-state index is 12.9. The van der Waals surface area contributed by atoms with Gasteiger partial charge in [0.05, 0.1) is 0 Å². The minimum atomic E-state index is -0.846. The Hall–Kier alpha value is -5.23. The molecular weight excluding hydrogens is 901 g/mol. The fourth-order valence-corrected chi connectivity index (χ4v) is 6.97. The van der Waals surface area contributed by atoms with Gasteiger partial charge in [-0.25, -0.2) is 0 Å². The summed E-state index contributed by atoms with van der Waals surface area (Å²) in [6, 6.07) is 0. The Morgan fingerprint density at radius 2 is 0.562 bits per heavy atom. The summed E-state index contributed by atoms with van der Waals surface area (Å²) < 4.78 is 16.7. The standard InChI is InChI=1S/C67H102O6/c1-4-7-10-13-16-19-22-25-28-31-33-36-39-42-45-48-51-54-57-60-66(69)72-63-64(62-71-65(68)59-56-53-50-47-44-41-38-35-30-27-24-21-18-15-12-9-6-3)73-67(70)61-58-55-52-49-46-43-40-37-34-32-29-26-23-20-17-14-11-8-5-2/h7,9-10,12,16-21,25-30,33-34,36-38,41-43,45-46,51,54,64H,4-6,8,11,13-15,22-24,31-32,35,39-40,44,47-50,52-53,55-63H2,1-3H3/b10-7-,12-9-,19-16-,20-17-,21-18-,28-25-,29-26-,30-27-,36-33-,37-34-,41-38-,45-42-,46-43-,54-51-/t64-/m0/s1. The second-order valence-electron chi connectivity index (χ2n) is 18.1. The second kappa shape index (κ2) is 59.3. The molecule has 0 bridgehead atoms. The molecule has 0 spiro atoms. The molecule has 0 aliphatic rings. The van der Waals surface area contributed by atoms with E-state index in [2.05, 4.69) is 179 Å². The first-order valence-corrected chi connectivity index (χ1v) is 28.6. The summed E-state index contributed by atoms with van der Waals surface area (Å²) in [5.74, 6) is -1.09. The minimum absolute atomic E-state index is 0.136. The maximum Gasteiger partial charge on any atom is 0.306 e. The topological polar surface area (TPSA) is 78.9 Å². The zero-order valence-corrected chi connectivity index (χ0v) is 46.3. The molecule has 0 aliphatic heterocycles. The summed E-state index contributed by atoms with van der Waals surface area (Å²) in [7, 11) is 0. The number of hydrogen-bond acceptors (Lipinski definition) is 6. The van der Waals surface area contributed by atoms with Gasteiger partial charge in [-0.1, -0.05) is 223 Å². The van der Waals surface area contributed by atoms with Crippen LogP contribution in [0.4, 0.5) is 0 Å². The van der Waals surface area contributed by atoms with Crippen molar-refractivity contribution in [3.63, 3.8) is 0 Å². The second-order valence-corrected chi connectivity index (χ2v) is 18.1. The lowest BCUT2D eigenvalue weighted by Crippen LogP contribution is -2.30. The predicted octanol–water partition coefficient (Wildman–Crippen LogP) is 19.5. The van der Waals surface area contributed by atoms with Crippen molar-refractivity contribution in [2.45, 2.75) is 219 Å². The number of carbonyl (C=O) groups excluding carboxylic acids is 3. The number of carbonyl (C=O) groups is 3. The summed E-state index contributed by atoms with van der Waals surface area (Å²) in [6.07, 6.45) is 87.8. The highest BCUT2D eigenvalue weighted by Crippen LogP contribution is 2.11. The van der Waals surface area contributed by atoms with Crippen LogP contribution in [0.3, 0.4) is 0 Å². The summed E-state index contributed by atoms with van der Waals surface area (Å²) in [6.45, 7) is 6.25. The molecule has 0 rings (SSSR count). The number of ether oxygens (including phenoxy) is 3. The molecule has 0 aromatic carbocycles. The van der Waals surface area contributed by atoms with E-state index >= 15 is 0 Å². The lowest BCUT2D eigenvalue weighted by atomic mass is 10.1. The highest BCUT2D eigenvalue weighted by atomic mass is 16.6. The van der Waals surface area contributed by atoms with E-state index in [-0.39, 0.29) is 44.0 Å². The Bertz CT molecular complexity index is 1720. The zero-order chi connectivity index (χ0) is 52.9. The van der Waals surface area contributed by atoms with Gasteiger partial charge in [-0.05, 0) is 141 Å². The van der Waals surface area contributed by atoms with Crippen LogP contribution in [-0.4, -0.2) is 37.2 Å². The van der Waals surface area contributed by atoms with Crippen molar-refractivity contribution in [1.82, 2.24) is 0 Å². The van der Waals surface area contributed by atoms with Gasteiger partial charge in [0.1, 0.15) is 13.2 Å². The van der Waals surface area contributed by atoms with E-state index in [0.717, 1.165) is 135 Å². The fourth-order valence-electron chi connectivity index (χ4n) is 6.97. The zero-order valence-electron chi connectivity index (χ0n) is 46.3. The van der Waals surface area contributed by atoms with E-state index in [1.54, 1.807) is 0 Å². The molecule has 0 radical (unpaired) electrons. The average molecular weight is 1000 g/mol. The number of unbranched alkanes of at least 4 members (excludes halogenated alkanes) is 10. The van der Waals surface area contributed by atoms with Crippen LogP contribution in [0, 0.1) is 0 Å². The first kappa shape index (κ1) is 67.8. The van der Waals surface area contributed by atoms with E-state index in [1.165, 1.54) is 25.7 Å². The van der Waals surface area contributed by atoms with E-state index < -0.39 is 6.10 Å². The average Bonchev–Trinajstić information content (AvgIpc) is 3.39. The highest BCUT2D eigenvalue weighted by Gasteiger charge is 2.19. The molecule has 0 saturated heterocycles. The van der Waals surface area contributed by atoms with Crippen LogP contribution in [0.1, 0.15) is 213 Å². The van der Waals surface area contributed by atoms with E-state index in [1.807, 2.05) is 12.2 Å². The largest absolute Gasteiger partial charge is 0.462 e. The predicted molar refractivity (Wildman–Crippen MR) is 315 cm³/mol. The number of allylic oxidation sites excluding steroid dienone is 28. The first-order chi connectivity index (χ1) is 36.0. The van der Waals surface area contributed by atoms with Gasteiger partial charge >= 0.3 is 17.9 Å². The van der Waals surface area contributed by atoms with Crippen LogP contribution in [0.5, 0.6) is 0 Å². The lowest BCUT2D eigenvalue weighted by Gasteiger charge is -2.18. The molecule has 0 fully saturated rings. The van der Waals surface area contributed by atoms with Crippen LogP contribution in [0.2, 0.25) is 0 Å². The molecule has 0 aromatic heterocycles. The first-order valence-electron chi connectivity index (χ1n) is 28.6. The summed E-state index contributed by atoms with van der Waals surface area (Å²) >= 11 is 0. The van der Waals surface area contributed by atoms with E-state index in [9.17, 15) is 14.4 Å². The Morgan fingerprint density at radius 3 is 0.918 bits per heavy atom. The molecule has 0 amide bonds. The van der Waals surface area contributed by atoms with Crippen molar-refractivity contribution in [3.8, 4) is 0 Å². The van der Waals surface area contributed by atoms with Crippen molar-refractivity contribution in [3.05, 3.63) is 170 Å². The van der Waals surface area contributed by atoms with Crippen molar-refractivity contribution in [1.29, 1.82) is 0 Å². The molecule has 6 nitrogen and oxygen atoms in total. The maximum atomic E-state index is 12.9.